The first-order valence-corrected chi connectivity index (χ1v) is 11.0. The summed E-state index contributed by atoms with van der Waals surface area (Å²) in [6, 6.07) is 2.41. The molecule has 0 spiro atoms. The second-order valence-electron chi connectivity index (χ2n) is 7.93. The average molecular weight is 324 g/mol. The monoisotopic (exact) mass is 323 g/mol. The highest BCUT2D eigenvalue weighted by molar-refractivity contribution is 6.74. The SMILES string of the molecule is COC1C[C@@H](C#N)[C@@H]2C=C[C@H](CO[Si](C)(C)C(C)(C)C)[C@H]2O1. The van der Waals surface area contributed by atoms with E-state index in [2.05, 4.69) is 52.1 Å². The number of fused-ring (bicyclic) bond motifs is 1. The second-order valence-corrected chi connectivity index (χ2v) is 12.7. The second kappa shape index (κ2) is 6.44. The van der Waals surface area contributed by atoms with E-state index in [0.29, 0.717) is 13.0 Å². The number of ether oxygens (including phenoxy) is 2. The van der Waals surface area contributed by atoms with Crippen molar-refractivity contribution in [3.63, 3.8) is 0 Å². The van der Waals surface area contributed by atoms with Gasteiger partial charge in [-0.1, -0.05) is 32.9 Å². The van der Waals surface area contributed by atoms with Crippen LogP contribution in [0.5, 0.6) is 0 Å². The molecule has 22 heavy (non-hydrogen) atoms. The van der Waals surface area contributed by atoms with Crippen LogP contribution in [0.4, 0.5) is 0 Å². The highest BCUT2D eigenvalue weighted by Crippen LogP contribution is 2.42. The molecule has 0 bridgehead atoms. The maximum Gasteiger partial charge on any atom is 0.192 e. The zero-order valence-corrected chi connectivity index (χ0v) is 15.6. The van der Waals surface area contributed by atoms with Crippen molar-refractivity contribution in [2.24, 2.45) is 17.8 Å². The number of hydrogen-bond donors (Lipinski definition) is 0. The molecule has 0 radical (unpaired) electrons. The normalized spacial score (nSPS) is 35.2. The summed E-state index contributed by atoms with van der Waals surface area (Å²) in [7, 11) is -0.123. The van der Waals surface area contributed by atoms with E-state index in [9.17, 15) is 5.26 Å². The Bertz CT molecular complexity index is 464. The third-order valence-electron chi connectivity index (χ3n) is 5.47. The van der Waals surface area contributed by atoms with Gasteiger partial charge in [-0.3, -0.25) is 0 Å². The predicted octanol–water partition coefficient (Wildman–Crippen LogP) is 3.71. The van der Waals surface area contributed by atoms with E-state index in [-0.39, 0.29) is 35.2 Å². The first kappa shape index (κ1) is 17.7. The van der Waals surface area contributed by atoms with Gasteiger partial charge in [-0.25, -0.2) is 0 Å². The molecule has 0 aromatic carbocycles. The topological polar surface area (TPSA) is 51.5 Å². The molecule has 1 fully saturated rings. The first-order chi connectivity index (χ1) is 10.2. The number of nitriles is 1. The Balaban J connectivity index is 2.02. The Kier molecular flexibility index (Phi) is 5.18. The number of rotatable bonds is 4. The summed E-state index contributed by atoms with van der Waals surface area (Å²) >= 11 is 0. The highest BCUT2D eigenvalue weighted by Gasteiger charge is 2.45. The maximum absolute atomic E-state index is 9.38. The minimum Gasteiger partial charge on any atom is -0.416 e. The lowest BCUT2D eigenvalue weighted by molar-refractivity contribution is -0.208. The van der Waals surface area contributed by atoms with Gasteiger partial charge in [0, 0.05) is 32.0 Å². The zero-order chi connectivity index (χ0) is 16.5. The molecule has 0 aromatic rings. The van der Waals surface area contributed by atoms with Crippen molar-refractivity contribution < 1.29 is 13.9 Å². The molecule has 0 N–H and O–H groups in total. The fraction of sp³-hybridized carbons (Fsp3) is 0.824. The zero-order valence-electron chi connectivity index (χ0n) is 14.6. The summed E-state index contributed by atoms with van der Waals surface area (Å²) in [4.78, 5) is 0. The summed E-state index contributed by atoms with van der Waals surface area (Å²) in [5.74, 6) is 0.357. The van der Waals surface area contributed by atoms with Crippen molar-refractivity contribution in [1.82, 2.24) is 0 Å². The van der Waals surface area contributed by atoms with Crippen LogP contribution < -0.4 is 0 Å². The van der Waals surface area contributed by atoms with E-state index in [0.717, 1.165) is 0 Å². The summed E-state index contributed by atoms with van der Waals surface area (Å²) in [5.41, 5.74) is 0. The van der Waals surface area contributed by atoms with Gasteiger partial charge < -0.3 is 13.9 Å². The molecule has 4 nitrogen and oxygen atoms in total. The summed E-state index contributed by atoms with van der Waals surface area (Å²) < 4.78 is 17.7. The Morgan fingerprint density at radius 1 is 1.32 bits per heavy atom. The van der Waals surface area contributed by atoms with E-state index in [1.165, 1.54) is 0 Å². The lowest BCUT2D eigenvalue weighted by atomic mass is 9.83. The van der Waals surface area contributed by atoms with Gasteiger partial charge in [0.05, 0.1) is 18.1 Å². The number of hydrogen-bond acceptors (Lipinski definition) is 4. The van der Waals surface area contributed by atoms with Gasteiger partial charge in [0.25, 0.3) is 0 Å². The van der Waals surface area contributed by atoms with Crippen molar-refractivity contribution in [2.45, 2.75) is 57.7 Å². The third-order valence-corrected chi connectivity index (χ3v) is 9.97. The molecule has 0 amide bonds. The summed E-state index contributed by atoms with van der Waals surface area (Å²) in [5, 5.41) is 9.58. The molecule has 1 aliphatic carbocycles. The third kappa shape index (κ3) is 3.46. The number of nitrogens with zero attached hydrogens (tertiary/aromatic N) is 1. The van der Waals surface area contributed by atoms with Crippen molar-refractivity contribution in [1.29, 1.82) is 5.26 Å². The molecule has 1 unspecified atom stereocenters. The van der Waals surface area contributed by atoms with Crippen LogP contribution >= 0.6 is 0 Å². The van der Waals surface area contributed by atoms with Gasteiger partial charge in [-0.15, -0.1) is 0 Å². The van der Waals surface area contributed by atoms with Crippen molar-refractivity contribution in [3.8, 4) is 6.07 Å². The molecule has 2 aliphatic rings. The fourth-order valence-electron chi connectivity index (χ4n) is 2.89. The standard InChI is InChI=1S/C17H29NO3Si/c1-17(2,3)22(5,6)20-11-12-7-8-14-13(10-18)9-15(19-4)21-16(12)14/h7-8,12-16H,9,11H2,1-6H3/t12-,13+,14+,15?,16-/m1/s1. The lowest BCUT2D eigenvalue weighted by Gasteiger charge is -2.40. The minimum absolute atomic E-state index is 0.00752. The van der Waals surface area contributed by atoms with E-state index < -0.39 is 8.32 Å². The number of methoxy groups -OCH3 is 1. The Hall–Kier alpha value is -0.673. The van der Waals surface area contributed by atoms with Gasteiger partial charge in [-0.2, -0.15) is 5.26 Å². The molecule has 5 atom stereocenters. The van der Waals surface area contributed by atoms with Crippen molar-refractivity contribution in [2.75, 3.05) is 13.7 Å². The molecule has 124 valence electrons. The van der Waals surface area contributed by atoms with Crippen LogP contribution in [0.15, 0.2) is 12.2 Å². The van der Waals surface area contributed by atoms with Crippen molar-refractivity contribution in [3.05, 3.63) is 12.2 Å². The molecule has 5 heteroatoms. The van der Waals surface area contributed by atoms with E-state index in [1.54, 1.807) is 7.11 Å². The molecule has 1 aliphatic heterocycles. The van der Waals surface area contributed by atoms with Gasteiger partial charge in [0.15, 0.2) is 14.6 Å². The van der Waals surface area contributed by atoms with Crippen LogP contribution in [0.2, 0.25) is 18.1 Å². The molecular formula is C17H29NO3Si. The molecule has 0 saturated carbocycles. The van der Waals surface area contributed by atoms with Gasteiger partial charge in [0.1, 0.15) is 0 Å². The van der Waals surface area contributed by atoms with Crippen molar-refractivity contribution >= 4 is 8.32 Å². The van der Waals surface area contributed by atoms with Crippen LogP contribution in [0.25, 0.3) is 0 Å². The Morgan fingerprint density at radius 2 is 2.00 bits per heavy atom. The molecule has 1 saturated heterocycles. The van der Waals surface area contributed by atoms with Crippen LogP contribution in [-0.4, -0.2) is 34.4 Å². The van der Waals surface area contributed by atoms with Crippen LogP contribution in [0.1, 0.15) is 27.2 Å². The minimum atomic E-state index is -1.77. The fourth-order valence-corrected chi connectivity index (χ4v) is 3.93. The average Bonchev–Trinajstić information content (AvgIpc) is 2.86. The predicted molar refractivity (Wildman–Crippen MR) is 88.7 cm³/mol. The lowest BCUT2D eigenvalue weighted by Crippen LogP contribution is -2.46. The highest BCUT2D eigenvalue weighted by atomic mass is 28.4. The Labute approximate surface area is 135 Å². The van der Waals surface area contributed by atoms with Crippen LogP contribution in [0.3, 0.4) is 0 Å². The quantitative estimate of drug-likeness (QED) is 0.584. The summed E-state index contributed by atoms with van der Waals surface area (Å²) in [6.07, 6.45) is 4.69. The maximum atomic E-state index is 9.38. The largest absolute Gasteiger partial charge is 0.416 e. The van der Waals surface area contributed by atoms with E-state index in [4.69, 9.17) is 13.9 Å². The molecule has 2 rings (SSSR count). The molecular weight excluding hydrogens is 294 g/mol. The van der Waals surface area contributed by atoms with Crippen LogP contribution in [-0.2, 0) is 13.9 Å². The molecule has 0 aromatic heterocycles. The van der Waals surface area contributed by atoms with Gasteiger partial charge in [-0.05, 0) is 18.1 Å². The summed E-state index contributed by atoms with van der Waals surface area (Å²) in [6.45, 7) is 11.9. The first-order valence-electron chi connectivity index (χ1n) is 8.10. The Morgan fingerprint density at radius 3 is 2.55 bits per heavy atom. The smallest absolute Gasteiger partial charge is 0.192 e. The van der Waals surface area contributed by atoms with Crippen LogP contribution in [0, 0.1) is 29.1 Å². The molecule has 1 heterocycles. The van der Waals surface area contributed by atoms with E-state index >= 15 is 0 Å². The van der Waals surface area contributed by atoms with E-state index in [1.807, 2.05) is 0 Å². The van der Waals surface area contributed by atoms with Gasteiger partial charge in [0.2, 0.25) is 0 Å². The van der Waals surface area contributed by atoms with Gasteiger partial charge >= 0.3 is 0 Å².